The molecule has 0 saturated carbocycles. The summed E-state index contributed by atoms with van der Waals surface area (Å²) in [6.07, 6.45) is 2.78. The summed E-state index contributed by atoms with van der Waals surface area (Å²) in [7, 11) is 1.70. The van der Waals surface area contributed by atoms with Gasteiger partial charge in [-0.25, -0.2) is 0 Å². The second kappa shape index (κ2) is 9.13. The van der Waals surface area contributed by atoms with Gasteiger partial charge >= 0.3 is 0 Å². The van der Waals surface area contributed by atoms with E-state index < -0.39 is 0 Å². The molecule has 0 saturated heterocycles. The average Bonchev–Trinajstić information content (AvgIpc) is 2.19. The van der Waals surface area contributed by atoms with Gasteiger partial charge in [0.05, 0.1) is 18.8 Å². The van der Waals surface area contributed by atoms with Crippen LogP contribution in [0, 0.1) is 0 Å². The van der Waals surface area contributed by atoms with Crippen molar-refractivity contribution >= 4 is 0 Å². The second-order valence-corrected chi connectivity index (χ2v) is 4.13. The van der Waals surface area contributed by atoms with Crippen molar-refractivity contribution in [1.29, 1.82) is 0 Å². The molecule has 3 nitrogen and oxygen atoms in total. The highest BCUT2D eigenvalue weighted by Gasteiger charge is 2.10. The van der Waals surface area contributed by atoms with Crippen molar-refractivity contribution in [3.8, 4) is 0 Å². The topological polar surface area (TPSA) is 30.5 Å². The fourth-order valence-electron chi connectivity index (χ4n) is 1.63. The third kappa shape index (κ3) is 7.77. The molecule has 2 unspecified atom stereocenters. The number of methoxy groups -OCH3 is 1. The molecule has 0 aliphatic rings. The van der Waals surface area contributed by atoms with Gasteiger partial charge in [0.15, 0.2) is 0 Å². The molecular formula is C12H27NO2. The van der Waals surface area contributed by atoms with E-state index in [2.05, 4.69) is 26.1 Å². The van der Waals surface area contributed by atoms with Crippen molar-refractivity contribution in [1.82, 2.24) is 5.32 Å². The minimum atomic E-state index is 0.175. The predicted octanol–water partition coefficient (Wildman–Crippen LogP) is 2.20. The summed E-state index contributed by atoms with van der Waals surface area (Å²) in [6, 6.07) is 0.619. The van der Waals surface area contributed by atoms with Crippen LogP contribution >= 0.6 is 0 Å². The van der Waals surface area contributed by atoms with Crippen molar-refractivity contribution in [2.75, 3.05) is 20.3 Å². The largest absolute Gasteiger partial charge is 0.382 e. The van der Waals surface area contributed by atoms with Gasteiger partial charge in [0, 0.05) is 19.7 Å². The summed E-state index contributed by atoms with van der Waals surface area (Å²) in [5, 5.41) is 3.50. The van der Waals surface area contributed by atoms with Crippen LogP contribution in [0.1, 0.15) is 40.5 Å². The first-order valence-corrected chi connectivity index (χ1v) is 6.01. The zero-order valence-electron chi connectivity index (χ0n) is 10.9. The fraction of sp³-hybridized carbons (Fsp3) is 1.00. The molecule has 0 spiro atoms. The molecular weight excluding hydrogens is 190 g/mol. The van der Waals surface area contributed by atoms with Crippen LogP contribution in [-0.2, 0) is 9.47 Å². The van der Waals surface area contributed by atoms with E-state index in [1.54, 1.807) is 7.11 Å². The van der Waals surface area contributed by atoms with Gasteiger partial charge in [0.2, 0.25) is 0 Å². The van der Waals surface area contributed by atoms with E-state index in [-0.39, 0.29) is 12.2 Å². The molecule has 2 atom stereocenters. The highest BCUT2D eigenvalue weighted by molar-refractivity contribution is 4.66. The standard InChI is InChI=1S/C12H27NO2/c1-6-12(7-2)13-8-10(3)15-11(4)9-14-5/h10-13H,6-9H2,1-5H3. The van der Waals surface area contributed by atoms with Crippen molar-refractivity contribution < 1.29 is 9.47 Å². The molecule has 0 aromatic heterocycles. The maximum absolute atomic E-state index is 5.74. The SMILES string of the molecule is CCC(CC)NCC(C)OC(C)COC. The molecule has 0 heterocycles. The van der Waals surface area contributed by atoms with Crippen molar-refractivity contribution in [3.05, 3.63) is 0 Å². The molecule has 92 valence electrons. The average molecular weight is 217 g/mol. The Labute approximate surface area is 94.5 Å². The molecule has 0 aromatic rings. The third-order valence-electron chi connectivity index (χ3n) is 2.55. The molecule has 1 N–H and O–H groups in total. The first kappa shape index (κ1) is 14.9. The molecule has 0 fully saturated rings. The quantitative estimate of drug-likeness (QED) is 0.642. The smallest absolute Gasteiger partial charge is 0.0784 e. The van der Waals surface area contributed by atoms with E-state index in [9.17, 15) is 0 Å². The molecule has 0 radical (unpaired) electrons. The summed E-state index contributed by atoms with van der Waals surface area (Å²) in [5.41, 5.74) is 0. The van der Waals surface area contributed by atoms with Gasteiger partial charge in [0.25, 0.3) is 0 Å². The number of hydrogen-bond donors (Lipinski definition) is 1. The number of hydrogen-bond acceptors (Lipinski definition) is 3. The van der Waals surface area contributed by atoms with Crippen LogP contribution in [0.3, 0.4) is 0 Å². The summed E-state index contributed by atoms with van der Waals surface area (Å²) in [5.74, 6) is 0. The molecule has 0 rings (SSSR count). The maximum atomic E-state index is 5.74. The van der Waals surface area contributed by atoms with Gasteiger partial charge in [-0.1, -0.05) is 13.8 Å². The van der Waals surface area contributed by atoms with E-state index in [4.69, 9.17) is 9.47 Å². The van der Waals surface area contributed by atoms with Crippen LogP contribution in [0.15, 0.2) is 0 Å². The second-order valence-electron chi connectivity index (χ2n) is 4.13. The fourth-order valence-corrected chi connectivity index (χ4v) is 1.63. The molecule has 3 heteroatoms. The van der Waals surface area contributed by atoms with Crippen LogP contribution < -0.4 is 5.32 Å². The van der Waals surface area contributed by atoms with E-state index in [1.807, 2.05) is 6.92 Å². The Morgan fingerprint density at radius 3 is 2.13 bits per heavy atom. The third-order valence-corrected chi connectivity index (χ3v) is 2.55. The van der Waals surface area contributed by atoms with E-state index in [0.29, 0.717) is 12.6 Å². The van der Waals surface area contributed by atoms with Crippen molar-refractivity contribution in [3.63, 3.8) is 0 Å². The molecule has 0 bridgehead atoms. The minimum absolute atomic E-state index is 0.175. The Kier molecular flexibility index (Phi) is 9.06. The maximum Gasteiger partial charge on any atom is 0.0784 e. The lowest BCUT2D eigenvalue weighted by Crippen LogP contribution is -2.36. The minimum Gasteiger partial charge on any atom is -0.382 e. The first-order chi connectivity index (χ1) is 7.13. The van der Waals surface area contributed by atoms with E-state index in [1.165, 1.54) is 12.8 Å². The number of rotatable bonds is 9. The zero-order valence-corrected chi connectivity index (χ0v) is 10.9. The normalized spacial score (nSPS) is 15.6. The summed E-state index contributed by atoms with van der Waals surface area (Å²) < 4.78 is 10.8. The highest BCUT2D eigenvalue weighted by Crippen LogP contribution is 2.00. The number of nitrogens with one attached hydrogen (secondary N) is 1. The van der Waals surface area contributed by atoms with Crippen LogP contribution in [0.25, 0.3) is 0 Å². The molecule has 0 amide bonds. The van der Waals surface area contributed by atoms with E-state index in [0.717, 1.165) is 6.54 Å². The van der Waals surface area contributed by atoms with Crippen molar-refractivity contribution in [2.24, 2.45) is 0 Å². The Hall–Kier alpha value is -0.120. The molecule has 15 heavy (non-hydrogen) atoms. The summed E-state index contributed by atoms with van der Waals surface area (Å²) in [6.45, 7) is 10.1. The Bertz CT molecular complexity index is 138. The van der Waals surface area contributed by atoms with Gasteiger partial charge < -0.3 is 14.8 Å². The lowest BCUT2D eigenvalue weighted by atomic mass is 10.1. The first-order valence-electron chi connectivity index (χ1n) is 6.01. The monoisotopic (exact) mass is 217 g/mol. The predicted molar refractivity (Wildman–Crippen MR) is 64.3 cm³/mol. The number of ether oxygens (including phenoxy) is 2. The Morgan fingerprint density at radius 1 is 1.07 bits per heavy atom. The van der Waals surface area contributed by atoms with Crippen LogP contribution in [0.4, 0.5) is 0 Å². The van der Waals surface area contributed by atoms with Crippen molar-refractivity contribution in [2.45, 2.75) is 58.8 Å². The molecule has 0 aliphatic carbocycles. The van der Waals surface area contributed by atoms with Gasteiger partial charge in [-0.15, -0.1) is 0 Å². The zero-order chi connectivity index (χ0) is 11.7. The van der Waals surface area contributed by atoms with Gasteiger partial charge in [0.1, 0.15) is 0 Å². The van der Waals surface area contributed by atoms with Gasteiger partial charge in [-0.3, -0.25) is 0 Å². The highest BCUT2D eigenvalue weighted by atomic mass is 16.5. The molecule has 0 aliphatic heterocycles. The Balaban J connectivity index is 3.59. The van der Waals surface area contributed by atoms with Gasteiger partial charge in [-0.2, -0.15) is 0 Å². The summed E-state index contributed by atoms with van der Waals surface area (Å²) >= 11 is 0. The lowest BCUT2D eigenvalue weighted by Gasteiger charge is -2.22. The molecule has 0 aromatic carbocycles. The van der Waals surface area contributed by atoms with Crippen LogP contribution in [-0.4, -0.2) is 38.5 Å². The summed E-state index contributed by atoms with van der Waals surface area (Å²) in [4.78, 5) is 0. The van der Waals surface area contributed by atoms with Crippen LogP contribution in [0.2, 0.25) is 0 Å². The Morgan fingerprint density at radius 2 is 1.67 bits per heavy atom. The van der Waals surface area contributed by atoms with E-state index >= 15 is 0 Å². The van der Waals surface area contributed by atoms with Crippen LogP contribution in [0.5, 0.6) is 0 Å². The van der Waals surface area contributed by atoms with Gasteiger partial charge in [-0.05, 0) is 26.7 Å². The lowest BCUT2D eigenvalue weighted by molar-refractivity contribution is -0.0309.